The third-order valence-corrected chi connectivity index (χ3v) is 9.02. The largest absolute Gasteiger partial charge is 0.481 e. The minimum absolute atomic E-state index is 0.0355. The van der Waals surface area contributed by atoms with Crippen LogP contribution in [0.2, 0.25) is 0 Å². The topological polar surface area (TPSA) is 74.6 Å². The Balaban J connectivity index is 0.00000109. The Kier molecular flexibility index (Phi) is 5.19. The van der Waals surface area contributed by atoms with Crippen molar-refractivity contribution in [3.8, 4) is 0 Å². The van der Waals surface area contributed by atoms with Crippen LogP contribution in [-0.4, -0.2) is 28.1 Å². The molecule has 0 radical (unpaired) electrons. The van der Waals surface area contributed by atoms with Gasteiger partial charge in [-0.25, -0.2) is 0 Å². The van der Waals surface area contributed by atoms with E-state index in [4.69, 9.17) is 0 Å². The summed E-state index contributed by atoms with van der Waals surface area (Å²) in [6.07, 6.45) is 7.95. The number of hydrogen-bond acceptors (Lipinski definition) is 3. The fourth-order valence-corrected chi connectivity index (χ4v) is 7.41. The van der Waals surface area contributed by atoms with Gasteiger partial charge in [0.1, 0.15) is 0 Å². The summed E-state index contributed by atoms with van der Waals surface area (Å²) in [4.78, 5) is 23.9. The van der Waals surface area contributed by atoms with Crippen LogP contribution in [0.5, 0.6) is 0 Å². The van der Waals surface area contributed by atoms with Crippen LogP contribution in [0.25, 0.3) is 0 Å². The molecule has 3 fully saturated rings. The maximum atomic E-state index is 12.0. The number of carbonyl (C=O) groups is 2. The number of hydrogen-bond donors (Lipinski definition) is 2. The molecule has 8 atom stereocenters. The summed E-state index contributed by atoms with van der Waals surface area (Å²) >= 11 is 0. The van der Waals surface area contributed by atoms with Crippen molar-refractivity contribution in [2.24, 2.45) is 39.9 Å². The summed E-state index contributed by atoms with van der Waals surface area (Å²) < 4.78 is 0. The van der Waals surface area contributed by atoms with E-state index >= 15 is 0 Å². The lowest BCUT2D eigenvalue weighted by Crippen LogP contribution is -2.64. The Morgan fingerprint density at radius 2 is 1.79 bits per heavy atom. The van der Waals surface area contributed by atoms with E-state index in [9.17, 15) is 19.8 Å². The van der Waals surface area contributed by atoms with E-state index in [1.54, 1.807) is 12.2 Å². The standard InChI is InChI=1S/C22H30O4.C2H6/c1-12-9-17-14-5-6-15(19(25)26)20(14,2)11-18(24)22(17,4)21(3)8-7-13(23)10-16(12)21;1-2/h7-8,10,12,14-15,17-18,24H,5-6,9,11H2,1-4H3,(H,25,26);1-2H3/t12-,14?,15?,17?,18?,20?,21?,22+;/m0./s1. The molecule has 0 aliphatic heterocycles. The number of fused-ring (bicyclic) bond motifs is 5. The Bertz CT molecular complexity index is 737. The van der Waals surface area contributed by atoms with Crippen molar-refractivity contribution in [2.45, 2.75) is 73.3 Å². The zero-order valence-corrected chi connectivity index (χ0v) is 18.2. The summed E-state index contributed by atoms with van der Waals surface area (Å²) in [5, 5.41) is 21.1. The highest BCUT2D eigenvalue weighted by Gasteiger charge is 2.68. The molecule has 4 nitrogen and oxygen atoms in total. The van der Waals surface area contributed by atoms with Crippen LogP contribution in [0.3, 0.4) is 0 Å². The molecule has 0 amide bonds. The molecule has 2 N–H and O–H groups in total. The third kappa shape index (κ3) is 2.52. The molecule has 4 aliphatic rings. The van der Waals surface area contributed by atoms with Crippen LogP contribution in [0.1, 0.15) is 67.2 Å². The van der Waals surface area contributed by atoms with Gasteiger partial charge in [0.15, 0.2) is 5.78 Å². The Hall–Kier alpha value is -1.42. The summed E-state index contributed by atoms with van der Waals surface area (Å²) in [7, 11) is 0. The number of aliphatic hydroxyl groups excluding tert-OH is 1. The number of aliphatic hydroxyl groups is 1. The van der Waals surface area contributed by atoms with E-state index in [-0.39, 0.29) is 39.8 Å². The molecule has 4 aliphatic carbocycles. The Morgan fingerprint density at radius 1 is 1.14 bits per heavy atom. The van der Waals surface area contributed by atoms with E-state index in [2.05, 4.69) is 27.7 Å². The van der Waals surface area contributed by atoms with Gasteiger partial charge in [0.2, 0.25) is 0 Å². The quantitative estimate of drug-likeness (QED) is 0.687. The minimum atomic E-state index is -0.718. The average molecular weight is 389 g/mol. The van der Waals surface area contributed by atoms with Crippen LogP contribution in [0, 0.1) is 39.9 Å². The van der Waals surface area contributed by atoms with Crippen LogP contribution >= 0.6 is 0 Å². The lowest BCUT2D eigenvalue weighted by atomic mass is 9.39. The average Bonchev–Trinajstić information content (AvgIpc) is 2.98. The van der Waals surface area contributed by atoms with Crippen molar-refractivity contribution in [3.05, 3.63) is 23.8 Å². The van der Waals surface area contributed by atoms with E-state index < -0.39 is 12.1 Å². The number of rotatable bonds is 1. The van der Waals surface area contributed by atoms with Crippen molar-refractivity contribution in [1.29, 1.82) is 0 Å². The number of allylic oxidation sites excluding steroid dienone is 4. The molecule has 0 saturated heterocycles. The van der Waals surface area contributed by atoms with Crippen LogP contribution in [0.4, 0.5) is 0 Å². The molecule has 0 heterocycles. The second kappa shape index (κ2) is 6.83. The van der Waals surface area contributed by atoms with Crippen molar-refractivity contribution in [3.63, 3.8) is 0 Å². The number of ketones is 1. The normalized spacial score (nSPS) is 49.2. The second-order valence-electron chi connectivity index (χ2n) is 9.86. The molecule has 4 rings (SSSR count). The summed E-state index contributed by atoms with van der Waals surface area (Å²) in [5.74, 6) is -0.210. The lowest BCUT2D eigenvalue weighted by molar-refractivity contribution is -0.186. The van der Waals surface area contributed by atoms with Crippen LogP contribution < -0.4 is 0 Å². The number of aliphatic carboxylic acids is 1. The second-order valence-corrected chi connectivity index (χ2v) is 9.86. The van der Waals surface area contributed by atoms with Gasteiger partial charge in [0.25, 0.3) is 0 Å². The zero-order valence-electron chi connectivity index (χ0n) is 18.2. The molecule has 0 spiro atoms. The van der Waals surface area contributed by atoms with Gasteiger partial charge in [-0.3, -0.25) is 9.59 Å². The molecule has 0 bridgehead atoms. The number of carbonyl (C=O) groups excluding carboxylic acids is 1. The van der Waals surface area contributed by atoms with Crippen molar-refractivity contribution in [1.82, 2.24) is 0 Å². The lowest BCUT2D eigenvalue weighted by Gasteiger charge is -2.66. The van der Waals surface area contributed by atoms with E-state index in [0.717, 1.165) is 18.4 Å². The number of carboxylic acid groups (broad SMARTS) is 1. The van der Waals surface area contributed by atoms with Gasteiger partial charge in [0, 0.05) is 10.8 Å². The van der Waals surface area contributed by atoms with Gasteiger partial charge >= 0.3 is 5.97 Å². The monoisotopic (exact) mass is 388 g/mol. The highest BCUT2D eigenvalue weighted by atomic mass is 16.4. The zero-order chi connectivity index (χ0) is 21.1. The van der Waals surface area contributed by atoms with E-state index in [1.165, 1.54) is 0 Å². The smallest absolute Gasteiger partial charge is 0.307 e. The molecule has 0 aromatic rings. The van der Waals surface area contributed by atoms with Gasteiger partial charge in [-0.05, 0) is 61.0 Å². The Morgan fingerprint density at radius 3 is 2.39 bits per heavy atom. The maximum absolute atomic E-state index is 12.0. The molecule has 28 heavy (non-hydrogen) atoms. The first-order valence-electron chi connectivity index (χ1n) is 10.9. The molecule has 3 saturated carbocycles. The van der Waals surface area contributed by atoms with Gasteiger partial charge in [0.05, 0.1) is 12.0 Å². The fourth-order valence-electron chi connectivity index (χ4n) is 7.41. The first-order valence-corrected chi connectivity index (χ1v) is 10.9. The predicted molar refractivity (Wildman–Crippen MR) is 110 cm³/mol. The fraction of sp³-hybridized carbons (Fsp3) is 0.750. The molecular weight excluding hydrogens is 352 g/mol. The molecule has 0 aromatic heterocycles. The third-order valence-electron chi connectivity index (χ3n) is 9.02. The summed E-state index contributed by atoms with van der Waals surface area (Å²) in [6.45, 7) is 12.6. The highest BCUT2D eigenvalue weighted by Crippen LogP contribution is 2.71. The van der Waals surface area contributed by atoms with Gasteiger partial charge < -0.3 is 10.2 Å². The predicted octanol–water partition coefficient (Wildman–Crippen LogP) is 4.63. The minimum Gasteiger partial charge on any atom is -0.481 e. The van der Waals surface area contributed by atoms with Gasteiger partial charge in [-0.15, -0.1) is 0 Å². The molecular formula is C24H36O4. The van der Waals surface area contributed by atoms with Crippen LogP contribution in [0.15, 0.2) is 23.8 Å². The molecule has 156 valence electrons. The molecule has 0 aromatic carbocycles. The Labute approximate surface area is 169 Å². The van der Waals surface area contributed by atoms with Crippen molar-refractivity contribution in [2.75, 3.05) is 0 Å². The highest BCUT2D eigenvalue weighted by molar-refractivity contribution is 6.01. The first kappa shape index (κ1) is 21.3. The molecule has 6 unspecified atom stereocenters. The maximum Gasteiger partial charge on any atom is 0.307 e. The van der Waals surface area contributed by atoms with Gasteiger partial charge in [-0.1, -0.05) is 53.2 Å². The van der Waals surface area contributed by atoms with E-state index in [1.807, 2.05) is 19.9 Å². The van der Waals surface area contributed by atoms with E-state index in [0.29, 0.717) is 18.8 Å². The van der Waals surface area contributed by atoms with Crippen molar-refractivity contribution >= 4 is 11.8 Å². The first-order chi connectivity index (χ1) is 13.1. The number of carboxylic acids is 1. The van der Waals surface area contributed by atoms with Crippen LogP contribution in [-0.2, 0) is 9.59 Å². The summed E-state index contributed by atoms with van der Waals surface area (Å²) in [6, 6.07) is 0. The summed E-state index contributed by atoms with van der Waals surface area (Å²) in [5.41, 5.74) is 0.0611. The SMILES string of the molecule is CC.C[C@H]1CC2C3CCC(C(=O)O)C3(C)CC(O)[C@]2(C)C2(C)C=CC(=O)C=C12. The van der Waals surface area contributed by atoms with Crippen molar-refractivity contribution < 1.29 is 19.8 Å². The van der Waals surface area contributed by atoms with Gasteiger partial charge in [-0.2, -0.15) is 0 Å². The molecule has 4 heteroatoms.